The van der Waals surface area contributed by atoms with Crippen LogP contribution in [0.2, 0.25) is 0 Å². The van der Waals surface area contributed by atoms with Crippen molar-refractivity contribution in [2.24, 2.45) is 5.92 Å². The minimum Gasteiger partial charge on any atom is -0.375 e. The molecule has 202 valence electrons. The van der Waals surface area contributed by atoms with Crippen LogP contribution in [-0.2, 0) is 16.1 Å². The topological polar surface area (TPSA) is 91.8 Å². The number of imide groups is 1. The molecule has 8 heteroatoms. The van der Waals surface area contributed by atoms with Gasteiger partial charge in [0.15, 0.2) is 0 Å². The lowest BCUT2D eigenvalue weighted by Gasteiger charge is -2.38. The second-order valence-electron chi connectivity index (χ2n) is 11.5. The Balaban J connectivity index is 1.19. The number of anilines is 1. The number of piperidine rings is 1. The van der Waals surface area contributed by atoms with Gasteiger partial charge in [0.25, 0.3) is 11.8 Å². The van der Waals surface area contributed by atoms with E-state index >= 15 is 0 Å². The van der Waals surface area contributed by atoms with Gasteiger partial charge in [-0.1, -0.05) is 24.3 Å². The third-order valence-corrected chi connectivity index (χ3v) is 8.14. The van der Waals surface area contributed by atoms with Gasteiger partial charge in [-0.2, -0.15) is 0 Å². The van der Waals surface area contributed by atoms with E-state index in [1.165, 1.54) is 4.90 Å². The van der Waals surface area contributed by atoms with Crippen molar-refractivity contribution in [1.82, 2.24) is 15.2 Å². The van der Waals surface area contributed by atoms with Gasteiger partial charge in [0, 0.05) is 37.3 Å². The van der Waals surface area contributed by atoms with E-state index in [0.29, 0.717) is 24.3 Å². The predicted molar refractivity (Wildman–Crippen MR) is 149 cm³/mol. The van der Waals surface area contributed by atoms with E-state index in [0.717, 1.165) is 54.4 Å². The van der Waals surface area contributed by atoms with E-state index in [4.69, 9.17) is 4.74 Å². The number of nitrogens with zero attached hydrogens (tertiary/aromatic N) is 3. The Bertz CT molecular complexity index is 1450. The molecule has 3 aliphatic rings. The number of amides is 3. The molecule has 4 heterocycles. The maximum absolute atomic E-state index is 13.6. The average molecular weight is 527 g/mol. The number of hydrogen-bond donors (Lipinski definition) is 1. The maximum atomic E-state index is 13.6. The third kappa shape index (κ3) is 5.01. The fourth-order valence-corrected chi connectivity index (χ4v) is 6.19. The van der Waals surface area contributed by atoms with Gasteiger partial charge in [-0.25, -0.2) is 0 Å². The molecule has 1 aromatic heterocycles. The number of carbonyl (C=O) groups is 3. The number of para-hydroxylation sites is 1. The van der Waals surface area contributed by atoms with Gasteiger partial charge in [0.05, 0.1) is 40.4 Å². The van der Waals surface area contributed by atoms with Crippen molar-refractivity contribution in [1.29, 1.82) is 0 Å². The van der Waals surface area contributed by atoms with Gasteiger partial charge in [0.1, 0.15) is 0 Å². The minimum absolute atomic E-state index is 0.0582. The molecule has 0 saturated carbocycles. The lowest BCUT2D eigenvalue weighted by molar-refractivity contribution is -0.128. The molecule has 39 heavy (non-hydrogen) atoms. The monoisotopic (exact) mass is 526 g/mol. The van der Waals surface area contributed by atoms with Gasteiger partial charge >= 0.3 is 0 Å². The number of hydrogen-bond acceptors (Lipinski definition) is 6. The number of carbonyl (C=O) groups excluding carboxylic acids is 3. The molecule has 3 amide bonds. The summed E-state index contributed by atoms with van der Waals surface area (Å²) in [6.07, 6.45) is 4.98. The zero-order chi connectivity index (χ0) is 27.1. The van der Waals surface area contributed by atoms with Crippen molar-refractivity contribution in [3.8, 4) is 0 Å². The average Bonchev–Trinajstić information content (AvgIpc) is 3.17. The van der Waals surface area contributed by atoms with E-state index in [1.54, 1.807) is 12.3 Å². The molecule has 2 saturated heterocycles. The second-order valence-corrected chi connectivity index (χ2v) is 11.5. The summed E-state index contributed by atoms with van der Waals surface area (Å²) in [7, 11) is 0. The van der Waals surface area contributed by atoms with Gasteiger partial charge in [-0.3, -0.25) is 24.3 Å². The van der Waals surface area contributed by atoms with Crippen LogP contribution >= 0.6 is 0 Å². The summed E-state index contributed by atoms with van der Waals surface area (Å²) >= 11 is 0. The van der Waals surface area contributed by atoms with Crippen LogP contribution in [0.4, 0.5) is 5.69 Å². The second kappa shape index (κ2) is 10.1. The van der Waals surface area contributed by atoms with Crippen LogP contribution in [0.25, 0.3) is 10.9 Å². The summed E-state index contributed by atoms with van der Waals surface area (Å²) in [6, 6.07) is 15.3. The molecule has 0 aliphatic carbocycles. The fraction of sp³-hybridized carbons (Fsp3) is 0.419. The zero-order valence-corrected chi connectivity index (χ0v) is 22.5. The molecule has 0 spiro atoms. The lowest BCUT2D eigenvalue weighted by Crippen LogP contribution is -2.50. The van der Waals surface area contributed by atoms with E-state index in [2.05, 4.69) is 29.0 Å². The number of benzene rings is 2. The molecule has 1 N–H and O–H groups in total. The van der Waals surface area contributed by atoms with Gasteiger partial charge in [-0.05, 0) is 69.4 Å². The highest BCUT2D eigenvalue weighted by Crippen LogP contribution is 2.35. The summed E-state index contributed by atoms with van der Waals surface area (Å²) in [4.78, 5) is 48.1. The minimum atomic E-state index is -0.297. The maximum Gasteiger partial charge on any atom is 0.263 e. The highest BCUT2D eigenvalue weighted by atomic mass is 16.5. The highest BCUT2D eigenvalue weighted by molar-refractivity contribution is 6.23. The Morgan fingerprint density at radius 2 is 1.95 bits per heavy atom. The smallest absolute Gasteiger partial charge is 0.263 e. The molecule has 8 nitrogen and oxygen atoms in total. The van der Waals surface area contributed by atoms with Crippen molar-refractivity contribution < 1.29 is 19.1 Å². The number of rotatable bonds is 5. The van der Waals surface area contributed by atoms with Crippen LogP contribution in [0.15, 0.2) is 54.7 Å². The molecule has 3 aromatic rings. The highest BCUT2D eigenvalue weighted by Gasteiger charge is 2.40. The van der Waals surface area contributed by atoms with E-state index < -0.39 is 0 Å². The van der Waals surface area contributed by atoms with Gasteiger partial charge < -0.3 is 15.0 Å². The predicted octanol–water partition coefficient (Wildman–Crippen LogP) is 4.32. The Morgan fingerprint density at radius 1 is 1.10 bits per heavy atom. The summed E-state index contributed by atoms with van der Waals surface area (Å²) in [5, 5.41) is 4.22. The molecule has 2 fully saturated rings. The van der Waals surface area contributed by atoms with E-state index in [1.807, 2.05) is 42.5 Å². The summed E-state index contributed by atoms with van der Waals surface area (Å²) in [5.74, 6) is -0.705. The normalized spacial score (nSPS) is 22.7. The van der Waals surface area contributed by atoms with Gasteiger partial charge in [0.2, 0.25) is 5.91 Å². The first kappa shape index (κ1) is 25.5. The first-order chi connectivity index (χ1) is 18.8. The first-order valence-electron chi connectivity index (χ1n) is 13.8. The number of fused-ring (bicyclic) bond motifs is 2. The zero-order valence-electron chi connectivity index (χ0n) is 22.5. The Kier molecular flexibility index (Phi) is 6.59. The first-order valence-corrected chi connectivity index (χ1v) is 13.8. The summed E-state index contributed by atoms with van der Waals surface area (Å²) in [6.45, 7) is 6.18. The van der Waals surface area contributed by atoms with Gasteiger partial charge in [-0.15, -0.1) is 0 Å². The van der Waals surface area contributed by atoms with E-state index in [-0.39, 0.29) is 41.8 Å². The Morgan fingerprint density at radius 3 is 2.79 bits per heavy atom. The molecule has 0 radical (unpaired) electrons. The molecule has 0 unspecified atom stereocenters. The molecular formula is C31H34N4O4. The third-order valence-electron chi connectivity index (χ3n) is 8.14. The van der Waals surface area contributed by atoms with Crippen molar-refractivity contribution in [2.45, 2.75) is 57.7 Å². The number of aromatic nitrogens is 1. The van der Waals surface area contributed by atoms with Crippen LogP contribution in [-0.4, -0.2) is 58.9 Å². The molecule has 6 rings (SSSR count). The van der Waals surface area contributed by atoms with Crippen LogP contribution in [0.3, 0.4) is 0 Å². The Hall–Kier alpha value is -3.78. The Labute approximate surface area is 228 Å². The van der Waals surface area contributed by atoms with Crippen molar-refractivity contribution in [3.63, 3.8) is 0 Å². The van der Waals surface area contributed by atoms with Crippen LogP contribution in [0, 0.1) is 5.92 Å². The largest absolute Gasteiger partial charge is 0.375 e. The molecule has 3 aliphatic heterocycles. The molecular weight excluding hydrogens is 492 g/mol. The SMILES string of the molecule is CC1(C)C[C@@H](NC(=O)[C@@H]2CCCN(c3cccc4c3C(=O)N(Cc3cnc5ccccc5c3)C4=O)C2)CCO1. The van der Waals surface area contributed by atoms with E-state index in [9.17, 15) is 14.4 Å². The molecule has 0 bridgehead atoms. The van der Waals surface area contributed by atoms with Crippen LogP contribution in [0.5, 0.6) is 0 Å². The summed E-state index contributed by atoms with van der Waals surface area (Å²) < 4.78 is 5.80. The standard InChI is InChI=1S/C31H34N4O4/c1-31(2)16-23(12-14-39-31)33-28(36)22-8-6-13-34(19-22)26-11-5-9-24-27(26)30(38)35(29(24)37)18-20-15-21-7-3-4-10-25(21)32-17-20/h3-5,7,9-11,15,17,22-23H,6,8,12-14,16,18-19H2,1-2H3,(H,33,36)/t22-,23+/m1/s1. The number of pyridine rings is 1. The van der Waals surface area contributed by atoms with Crippen molar-refractivity contribution in [2.75, 3.05) is 24.6 Å². The van der Waals surface area contributed by atoms with Crippen LogP contribution in [0.1, 0.15) is 65.8 Å². The summed E-state index contributed by atoms with van der Waals surface area (Å²) in [5.41, 5.74) is 3.02. The molecule has 2 aromatic carbocycles. The van der Waals surface area contributed by atoms with Crippen molar-refractivity contribution in [3.05, 3.63) is 71.4 Å². The molecule has 2 atom stereocenters. The van der Waals surface area contributed by atoms with Crippen molar-refractivity contribution >= 4 is 34.3 Å². The fourth-order valence-electron chi connectivity index (χ4n) is 6.19. The van der Waals surface area contributed by atoms with Crippen LogP contribution < -0.4 is 10.2 Å². The number of ether oxygens (including phenoxy) is 1. The number of nitrogens with one attached hydrogen (secondary N) is 1. The lowest BCUT2D eigenvalue weighted by atomic mass is 9.91. The quantitative estimate of drug-likeness (QED) is 0.498.